The van der Waals surface area contributed by atoms with Gasteiger partial charge in [0.05, 0.1) is 17.3 Å². The van der Waals surface area contributed by atoms with Crippen molar-refractivity contribution in [3.63, 3.8) is 0 Å². The van der Waals surface area contributed by atoms with Gasteiger partial charge in [-0.2, -0.15) is 4.98 Å². The molecule has 1 atom stereocenters. The van der Waals surface area contributed by atoms with Gasteiger partial charge in [-0.3, -0.25) is 4.90 Å². The third-order valence-corrected chi connectivity index (χ3v) is 6.00. The molecule has 2 amide bonds. The van der Waals surface area contributed by atoms with Crippen LogP contribution in [0.2, 0.25) is 10.0 Å². The van der Waals surface area contributed by atoms with E-state index >= 15 is 0 Å². The van der Waals surface area contributed by atoms with E-state index in [2.05, 4.69) is 15.5 Å². The van der Waals surface area contributed by atoms with Crippen molar-refractivity contribution in [3.05, 3.63) is 106 Å². The maximum atomic E-state index is 13.4. The van der Waals surface area contributed by atoms with Crippen LogP contribution in [0, 0.1) is 5.82 Å². The number of nitrogens with one attached hydrogen (secondary N) is 1. The average Bonchev–Trinajstić information content (AvgIpc) is 3.30. The van der Waals surface area contributed by atoms with Crippen molar-refractivity contribution in [1.82, 2.24) is 15.5 Å². The van der Waals surface area contributed by atoms with Gasteiger partial charge in [-0.1, -0.05) is 40.5 Å². The second-order valence-electron chi connectivity index (χ2n) is 7.68. The maximum Gasteiger partial charge on any atom is 0.326 e. The number of aromatic nitrogens is 2. The van der Waals surface area contributed by atoms with Crippen molar-refractivity contribution in [1.29, 1.82) is 0 Å². The molecule has 34 heavy (non-hydrogen) atoms. The van der Waals surface area contributed by atoms with Crippen LogP contribution in [0.15, 0.2) is 83.0 Å². The number of carbonyl (C=O) groups excluding carboxylic acids is 1. The van der Waals surface area contributed by atoms with Gasteiger partial charge in [-0.25, -0.2) is 9.18 Å². The van der Waals surface area contributed by atoms with E-state index in [0.29, 0.717) is 38.4 Å². The fourth-order valence-corrected chi connectivity index (χ4v) is 4.23. The van der Waals surface area contributed by atoms with Crippen molar-refractivity contribution in [2.24, 2.45) is 0 Å². The van der Waals surface area contributed by atoms with Gasteiger partial charge in [0.15, 0.2) is 0 Å². The lowest BCUT2D eigenvalue weighted by molar-refractivity contribution is 0.244. The zero-order valence-electron chi connectivity index (χ0n) is 17.8. The molecule has 1 aromatic heterocycles. The van der Waals surface area contributed by atoms with Crippen LogP contribution in [-0.4, -0.2) is 16.2 Å². The van der Waals surface area contributed by atoms with Crippen molar-refractivity contribution < 1.29 is 13.7 Å². The molecule has 0 aliphatic carbocycles. The van der Waals surface area contributed by atoms with Crippen LogP contribution in [0.1, 0.15) is 24.4 Å². The van der Waals surface area contributed by atoms with Gasteiger partial charge in [0.1, 0.15) is 5.82 Å². The van der Waals surface area contributed by atoms with Gasteiger partial charge in [0.25, 0.3) is 5.89 Å². The second kappa shape index (κ2) is 8.93. The van der Waals surface area contributed by atoms with Crippen molar-refractivity contribution >= 4 is 40.5 Å². The molecule has 0 bridgehead atoms. The van der Waals surface area contributed by atoms with Gasteiger partial charge in [-0.15, -0.1) is 0 Å². The van der Waals surface area contributed by atoms with Crippen molar-refractivity contribution in [2.75, 3.05) is 4.90 Å². The van der Waals surface area contributed by atoms with E-state index in [1.807, 2.05) is 13.0 Å². The third kappa shape index (κ3) is 4.16. The smallest absolute Gasteiger partial charge is 0.326 e. The van der Waals surface area contributed by atoms with Crippen molar-refractivity contribution in [2.45, 2.75) is 13.0 Å². The molecule has 1 unspecified atom stereocenters. The van der Waals surface area contributed by atoms with Crippen LogP contribution < -0.4 is 10.2 Å². The molecule has 1 aliphatic heterocycles. The summed E-state index contributed by atoms with van der Waals surface area (Å²) in [5.41, 5.74) is 3.19. The average molecular weight is 495 g/mol. The Labute approximate surface area is 204 Å². The normalized spacial score (nSPS) is 16.1. The molecule has 0 fully saturated rings. The monoisotopic (exact) mass is 494 g/mol. The first-order valence-electron chi connectivity index (χ1n) is 10.3. The fraction of sp³-hybridized carbons (Fsp3) is 0.0800. The van der Waals surface area contributed by atoms with Gasteiger partial charge in [0, 0.05) is 21.3 Å². The standard InChI is InChI=1S/C25H17Cl2FN4O2/c1-14-21(24-30-23(31-34-24)15-5-9-19(28)10-6-15)22(16-3-2-4-18(27)13-16)29-25(33)32(14)20-11-7-17(26)8-12-20/h2-13,22H,1H3,(H,29,33). The largest absolute Gasteiger partial charge is 0.334 e. The zero-order chi connectivity index (χ0) is 23.8. The number of nitrogens with zero attached hydrogens (tertiary/aromatic N) is 3. The number of allylic oxidation sites excluding steroid dienone is 1. The fourth-order valence-electron chi connectivity index (χ4n) is 3.91. The molecule has 2 heterocycles. The number of anilines is 1. The summed E-state index contributed by atoms with van der Waals surface area (Å²) in [7, 11) is 0. The SMILES string of the molecule is CC1=C(c2nc(-c3ccc(F)cc3)no2)C(c2cccc(Cl)c2)NC(=O)N1c1ccc(Cl)cc1. The molecule has 6 nitrogen and oxygen atoms in total. The van der Waals surface area contributed by atoms with Crippen LogP contribution in [0.5, 0.6) is 0 Å². The first-order chi connectivity index (χ1) is 16.4. The highest BCUT2D eigenvalue weighted by Crippen LogP contribution is 2.39. The van der Waals surface area contributed by atoms with Crippen LogP contribution in [-0.2, 0) is 0 Å². The predicted molar refractivity (Wildman–Crippen MR) is 129 cm³/mol. The minimum Gasteiger partial charge on any atom is -0.334 e. The summed E-state index contributed by atoms with van der Waals surface area (Å²) >= 11 is 12.3. The topological polar surface area (TPSA) is 71.3 Å². The summed E-state index contributed by atoms with van der Waals surface area (Å²) in [5.74, 6) is 0.163. The molecule has 5 rings (SSSR count). The Hall–Kier alpha value is -3.68. The number of rotatable bonds is 4. The van der Waals surface area contributed by atoms with Crippen LogP contribution in [0.3, 0.4) is 0 Å². The predicted octanol–water partition coefficient (Wildman–Crippen LogP) is 6.88. The van der Waals surface area contributed by atoms with Gasteiger partial charge in [0.2, 0.25) is 5.82 Å². The molecule has 0 saturated heterocycles. The molecule has 1 N–H and O–H groups in total. The Balaban J connectivity index is 1.65. The summed E-state index contributed by atoms with van der Waals surface area (Å²) in [5, 5.41) is 8.19. The molecule has 0 saturated carbocycles. The van der Waals surface area contributed by atoms with E-state index in [9.17, 15) is 9.18 Å². The highest BCUT2D eigenvalue weighted by molar-refractivity contribution is 6.31. The minimum absolute atomic E-state index is 0.223. The summed E-state index contributed by atoms with van der Waals surface area (Å²) in [6.45, 7) is 1.81. The first-order valence-corrected chi connectivity index (χ1v) is 11.1. The number of hydrogen-bond acceptors (Lipinski definition) is 4. The van der Waals surface area contributed by atoms with Gasteiger partial charge >= 0.3 is 6.03 Å². The zero-order valence-corrected chi connectivity index (χ0v) is 19.3. The van der Waals surface area contributed by atoms with E-state index in [-0.39, 0.29) is 17.7 Å². The highest BCUT2D eigenvalue weighted by Gasteiger charge is 2.36. The van der Waals surface area contributed by atoms with Crippen molar-refractivity contribution in [3.8, 4) is 11.4 Å². The maximum absolute atomic E-state index is 13.4. The molecule has 4 aromatic rings. The number of urea groups is 1. The number of benzene rings is 3. The molecule has 0 radical (unpaired) electrons. The van der Waals surface area contributed by atoms with E-state index in [0.717, 1.165) is 5.56 Å². The lowest BCUT2D eigenvalue weighted by atomic mass is 9.94. The Morgan fingerprint density at radius 2 is 1.74 bits per heavy atom. The van der Waals surface area contributed by atoms with E-state index in [4.69, 9.17) is 27.7 Å². The van der Waals surface area contributed by atoms with E-state index < -0.39 is 6.04 Å². The molecule has 0 spiro atoms. The summed E-state index contributed by atoms with van der Waals surface area (Å²) < 4.78 is 19.0. The van der Waals surface area contributed by atoms with Crippen LogP contribution in [0.4, 0.5) is 14.9 Å². The summed E-state index contributed by atoms with van der Waals surface area (Å²) in [6.07, 6.45) is 0. The number of carbonyl (C=O) groups is 1. The molecule has 3 aromatic carbocycles. The lowest BCUT2D eigenvalue weighted by Crippen LogP contribution is -2.46. The molecule has 1 aliphatic rings. The van der Waals surface area contributed by atoms with Crippen LogP contribution >= 0.6 is 23.2 Å². The van der Waals surface area contributed by atoms with Crippen LogP contribution in [0.25, 0.3) is 17.0 Å². The number of hydrogen-bond donors (Lipinski definition) is 1. The molecule has 9 heteroatoms. The van der Waals surface area contributed by atoms with Gasteiger partial charge < -0.3 is 9.84 Å². The highest BCUT2D eigenvalue weighted by atomic mass is 35.5. The molecular formula is C25H17Cl2FN4O2. The summed E-state index contributed by atoms with van der Waals surface area (Å²) in [6, 6.07) is 19.0. The lowest BCUT2D eigenvalue weighted by Gasteiger charge is -2.35. The number of halogens is 3. The summed E-state index contributed by atoms with van der Waals surface area (Å²) in [4.78, 5) is 19.3. The Bertz CT molecular complexity index is 1400. The number of amides is 2. The van der Waals surface area contributed by atoms with Gasteiger partial charge in [-0.05, 0) is 73.2 Å². The molecule has 170 valence electrons. The Kier molecular flexibility index (Phi) is 5.81. The Morgan fingerprint density at radius 3 is 2.44 bits per heavy atom. The third-order valence-electron chi connectivity index (χ3n) is 5.51. The quantitative estimate of drug-likeness (QED) is 0.335. The minimum atomic E-state index is -0.587. The Morgan fingerprint density at radius 1 is 1.00 bits per heavy atom. The second-order valence-corrected chi connectivity index (χ2v) is 8.55. The first kappa shape index (κ1) is 22.1. The van der Waals surface area contributed by atoms with E-state index in [1.54, 1.807) is 54.6 Å². The molecular weight excluding hydrogens is 478 g/mol. The van der Waals surface area contributed by atoms with E-state index in [1.165, 1.54) is 17.0 Å².